The molecule has 0 heterocycles. The maximum Gasteiger partial charge on any atom is 0.255 e. The van der Waals surface area contributed by atoms with E-state index in [1.165, 1.54) is 0 Å². The number of carbonyl (C=O) groups is 1. The number of benzene rings is 4. The second-order valence-corrected chi connectivity index (χ2v) is 8.40. The van der Waals surface area contributed by atoms with Crippen LogP contribution in [0.25, 0.3) is 21.9 Å². The molecular formula is C30H31NO4. The minimum Gasteiger partial charge on any atom is -0.497 e. The van der Waals surface area contributed by atoms with Crippen molar-refractivity contribution in [2.24, 2.45) is 0 Å². The molecule has 0 aromatic heterocycles. The second kappa shape index (κ2) is 11.5. The van der Waals surface area contributed by atoms with E-state index < -0.39 is 0 Å². The average molecular weight is 470 g/mol. The summed E-state index contributed by atoms with van der Waals surface area (Å²) in [6, 6.07) is 27.5. The van der Waals surface area contributed by atoms with Crippen molar-refractivity contribution >= 4 is 16.7 Å². The number of methoxy groups -OCH3 is 1. The lowest BCUT2D eigenvalue weighted by atomic mass is 9.97. The standard InChI is InChI=1S/C30H31NO4/c1-3-35-29-15-14-23(22-10-7-12-26(19-22)34-2)20-28(29)30(33)31-25(16-17-32)18-24-11-6-9-21-8-4-5-13-27(21)24/h4-15,19-20,25,32H,3,16-18H2,1-2H3,(H,31,33)/t25-/m0/s1. The third-order valence-electron chi connectivity index (χ3n) is 6.09. The molecule has 5 heteroatoms. The second-order valence-electron chi connectivity index (χ2n) is 8.40. The summed E-state index contributed by atoms with van der Waals surface area (Å²) in [4.78, 5) is 13.5. The number of carbonyl (C=O) groups excluding carboxylic acids is 1. The fraction of sp³-hybridized carbons (Fsp3) is 0.233. The van der Waals surface area contributed by atoms with E-state index in [0.29, 0.717) is 30.8 Å². The van der Waals surface area contributed by atoms with Gasteiger partial charge in [-0.2, -0.15) is 0 Å². The van der Waals surface area contributed by atoms with Crippen LogP contribution in [0.1, 0.15) is 29.3 Å². The summed E-state index contributed by atoms with van der Waals surface area (Å²) in [7, 11) is 1.63. The lowest BCUT2D eigenvalue weighted by Crippen LogP contribution is -2.37. The first-order chi connectivity index (χ1) is 17.1. The molecule has 0 bridgehead atoms. The Morgan fingerprint density at radius 2 is 1.71 bits per heavy atom. The van der Waals surface area contributed by atoms with Crippen molar-refractivity contribution in [3.63, 3.8) is 0 Å². The smallest absolute Gasteiger partial charge is 0.255 e. The van der Waals surface area contributed by atoms with Crippen LogP contribution >= 0.6 is 0 Å². The van der Waals surface area contributed by atoms with E-state index in [1.54, 1.807) is 7.11 Å². The van der Waals surface area contributed by atoms with Crippen molar-refractivity contribution < 1.29 is 19.4 Å². The van der Waals surface area contributed by atoms with Crippen molar-refractivity contribution in [1.82, 2.24) is 5.32 Å². The van der Waals surface area contributed by atoms with Crippen molar-refractivity contribution in [1.29, 1.82) is 0 Å². The van der Waals surface area contributed by atoms with E-state index in [2.05, 4.69) is 29.6 Å². The highest BCUT2D eigenvalue weighted by atomic mass is 16.5. The summed E-state index contributed by atoms with van der Waals surface area (Å²) < 4.78 is 11.1. The fourth-order valence-electron chi connectivity index (χ4n) is 4.35. The van der Waals surface area contributed by atoms with Crippen LogP contribution in [0.15, 0.2) is 84.9 Å². The van der Waals surface area contributed by atoms with Gasteiger partial charge >= 0.3 is 0 Å². The van der Waals surface area contributed by atoms with E-state index in [9.17, 15) is 9.90 Å². The summed E-state index contributed by atoms with van der Waals surface area (Å²) >= 11 is 0. The summed E-state index contributed by atoms with van der Waals surface area (Å²) in [5.74, 6) is 1.06. The van der Waals surface area contributed by atoms with Crippen LogP contribution in [0.4, 0.5) is 0 Å². The first-order valence-electron chi connectivity index (χ1n) is 11.9. The normalized spacial score (nSPS) is 11.7. The Labute approximate surface area is 206 Å². The molecule has 0 aliphatic heterocycles. The largest absolute Gasteiger partial charge is 0.497 e. The van der Waals surface area contributed by atoms with Crippen molar-refractivity contribution in [2.75, 3.05) is 20.3 Å². The van der Waals surface area contributed by atoms with Crippen LogP contribution in [0, 0.1) is 0 Å². The van der Waals surface area contributed by atoms with E-state index in [-0.39, 0.29) is 18.6 Å². The highest BCUT2D eigenvalue weighted by Gasteiger charge is 2.19. The van der Waals surface area contributed by atoms with Crippen LogP contribution < -0.4 is 14.8 Å². The number of rotatable bonds is 10. The van der Waals surface area contributed by atoms with E-state index in [0.717, 1.165) is 33.2 Å². The highest BCUT2D eigenvalue weighted by Crippen LogP contribution is 2.29. The van der Waals surface area contributed by atoms with Crippen LogP contribution in [-0.2, 0) is 6.42 Å². The predicted molar refractivity (Wildman–Crippen MR) is 140 cm³/mol. The molecule has 35 heavy (non-hydrogen) atoms. The van der Waals surface area contributed by atoms with Gasteiger partial charge in [-0.05, 0) is 71.5 Å². The molecule has 0 spiro atoms. The maximum absolute atomic E-state index is 13.5. The topological polar surface area (TPSA) is 67.8 Å². The molecule has 180 valence electrons. The van der Waals surface area contributed by atoms with Crippen LogP contribution in [0.3, 0.4) is 0 Å². The van der Waals surface area contributed by atoms with E-state index >= 15 is 0 Å². The Balaban J connectivity index is 1.62. The minimum absolute atomic E-state index is 0.0160. The average Bonchev–Trinajstić information content (AvgIpc) is 2.89. The molecule has 5 nitrogen and oxygen atoms in total. The molecule has 0 saturated heterocycles. The van der Waals surface area contributed by atoms with Crippen LogP contribution in [-0.4, -0.2) is 37.4 Å². The maximum atomic E-state index is 13.5. The number of hydrogen-bond acceptors (Lipinski definition) is 4. The number of aliphatic hydroxyl groups excluding tert-OH is 1. The van der Waals surface area contributed by atoms with Crippen molar-refractivity contribution in [3.8, 4) is 22.6 Å². The molecule has 1 atom stereocenters. The Kier molecular flexibility index (Phi) is 8.01. The summed E-state index contributed by atoms with van der Waals surface area (Å²) in [6.45, 7) is 2.33. The zero-order valence-corrected chi connectivity index (χ0v) is 20.2. The van der Waals surface area contributed by atoms with E-state index in [1.807, 2.05) is 67.6 Å². The molecule has 0 unspecified atom stereocenters. The lowest BCUT2D eigenvalue weighted by molar-refractivity contribution is 0.0926. The molecule has 4 aromatic carbocycles. The Morgan fingerprint density at radius 3 is 2.51 bits per heavy atom. The van der Waals surface area contributed by atoms with Gasteiger partial charge in [0.25, 0.3) is 5.91 Å². The number of ether oxygens (including phenoxy) is 2. The molecule has 0 aliphatic rings. The Morgan fingerprint density at radius 1 is 0.943 bits per heavy atom. The predicted octanol–water partition coefficient (Wildman–Crippen LogP) is 5.64. The Hall–Kier alpha value is -3.83. The third kappa shape index (κ3) is 5.81. The molecule has 4 rings (SSSR count). The molecule has 0 fully saturated rings. The molecule has 2 N–H and O–H groups in total. The van der Waals surface area contributed by atoms with E-state index in [4.69, 9.17) is 9.47 Å². The number of amides is 1. The van der Waals surface area contributed by atoms with Gasteiger partial charge in [-0.1, -0.05) is 60.7 Å². The molecule has 0 radical (unpaired) electrons. The first kappa shape index (κ1) is 24.3. The fourth-order valence-corrected chi connectivity index (χ4v) is 4.35. The number of fused-ring (bicyclic) bond motifs is 1. The first-order valence-corrected chi connectivity index (χ1v) is 11.9. The zero-order valence-electron chi connectivity index (χ0n) is 20.2. The molecule has 0 aliphatic carbocycles. The Bertz CT molecular complexity index is 1300. The number of nitrogens with one attached hydrogen (secondary N) is 1. The lowest BCUT2D eigenvalue weighted by Gasteiger charge is -2.20. The van der Waals surface area contributed by atoms with Crippen molar-refractivity contribution in [2.45, 2.75) is 25.8 Å². The molecular weight excluding hydrogens is 438 g/mol. The van der Waals surface area contributed by atoms with Gasteiger partial charge in [0.15, 0.2) is 0 Å². The summed E-state index contributed by atoms with van der Waals surface area (Å²) in [5.41, 5.74) is 3.44. The monoisotopic (exact) mass is 469 g/mol. The summed E-state index contributed by atoms with van der Waals surface area (Å²) in [5, 5.41) is 15.2. The van der Waals surface area contributed by atoms with Crippen LogP contribution in [0.5, 0.6) is 11.5 Å². The van der Waals surface area contributed by atoms with Gasteiger partial charge in [-0.25, -0.2) is 0 Å². The molecule has 0 saturated carbocycles. The third-order valence-corrected chi connectivity index (χ3v) is 6.09. The van der Waals surface area contributed by atoms with Gasteiger partial charge in [0.05, 0.1) is 19.3 Å². The van der Waals surface area contributed by atoms with Gasteiger partial charge in [0, 0.05) is 12.6 Å². The molecule has 1 amide bonds. The van der Waals surface area contributed by atoms with Gasteiger partial charge in [0.1, 0.15) is 11.5 Å². The van der Waals surface area contributed by atoms with Gasteiger partial charge < -0.3 is 19.9 Å². The minimum atomic E-state index is -0.228. The number of aliphatic hydroxyl groups is 1. The molecule has 4 aromatic rings. The van der Waals surface area contributed by atoms with Crippen LogP contribution in [0.2, 0.25) is 0 Å². The SMILES string of the molecule is CCOc1ccc(-c2cccc(OC)c2)cc1C(=O)N[C@@H](CCO)Cc1cccc2ccccc12. The number of hydrogen-bond donors (Lipinski definition) is 2. The zero-order chi connectivity index (χ0) is 24.6. The van der Waals surface area contributed by atoms with Gasteiger partial charge in [-0.15, -0.1) is 0 Å². The van der Waals surface area contributed by atoms with Gasteiger partial charge in [-0.3, -0.25) is 4.79 Å². The van der Waals surface area contributed by atoms with Crippen molar-refractivity contribution in [3.05, 3.63) is 96.1 Å². The highest BCUT2D eigenvalue weighted by molar-refractivity contribution is 5.98. The van der Waals surface area contributed by atoms with Gasteiger partial charge in [0.2, 0.25) is 0 Å². The quantitative estimate of drug-likeness (QED) is 0.316. The summed E-state index contributed by atoms with van der Waals surface area (Å²) in [6.07, 6.45) is 1.07.